The average molecular weight is 447 g/mol. The zero-order valence-corrected chi connectivity index (χ0v) is 19.8. The van der Waals surface area contributed by atoms with Crippen molar-refractivity contribution < 1.29 is 9.53 Å². The fourth-order valence-electron chi connectivity index (χ4n) is 5.74. The minimum absolute atomic E-state index is 0.300. The van der Waals surface area contributed by atoms with Crippen molar-refractivity contribution in [3.05, 3.63) is 65.4 Å². The molecule has 2 fully saturated rings. The van der Waals surface area contributed by atoms with Crippen molar-refractivity contribution in [3.8, 4) is 0 Å². The molecular weight excluding hydrogens is 412 g/mol. The lowest BCUT2D eigenvalue weighted by atomic mass is 9.72. The summed E-state index contributed by atoms with van der Waals surface area (Å²) in [7, 11) is 0. The molecule has 0 unspecified atom stereocenters. The van der Waals surface area contributed by atoms with E-state index in [1.54, 1.807) is 6.20 Å². The number of carbonyl (C=O) groups excluding carboxylic acids is 1. The Morgan fingerprint density at radius 3 is 2.67 bits per heavy atom. The van der Waals surface area contributed by atoms with Gasteiger partial charge in [-0.15, -0.1) is 0 Å². The first-order valence-electron chi connectivity index (χ1n) is 12.3. The fourth-order valence-corrected chi connectivity index (χ4v) is 5.74. The van der Waals surface area contributed by atoms with Crippen molar-refractivity contribution in [1.29, 1.82) is 0 Å². The van der Waals surface area contributed by atoms with Crippen molar-refractivity contribution >= 4 is 11.6 Å². The largest absolute Gasteiger partial charge is 0.381 e. The van der Waals surface area contributed by atoms with E-state index >= 15 is 0 Å². The molecule has 3 aromatic rings. The van der Waals surface area contributed by atoms with Crippen LogP contribution in [-0.2, 0) is 21.4 Å². The van der Waals surface area contributed by atoms with Gasteiger partial charge in [-0.1, -0.05) is 29.3 Å². The minimum atomic E-state index is -0.455. The number of fused-ring (bicyclic) bond motifs is 1. The van der Waals surface area contributed by atoms with Gasteiger partial charge in [-0.05, 0) is 63.9 Å². The molecule has 6 heteroatoms. The van der Waals surface area contributed by atoms with Crippen LogP contribution in [0.15, 0.2) is 43.0 Å². The lowest BCUT2D eigenvalue weighted by molar-refractivity contribution is -0.141. The van der Waals surface area contributed by atoms with Gasteiger partial charge in [-0.25, -0.2) is 4.98 Å². The number of rotatable bonds is 4. The topological polar surface area (TPSA) is 59.7 Å². The Balaban J connectivity index is 1.32. The second-order valence-corrected chi connectivity index (χ2v) is 9.94. The predicted molar refractivity (Wildman–Crippen MR) is 128 cm³/mol. The van der Waals surface area contributed by atoms with E-state index in [1.807, 2.05) is 16.8 Å². The molecule has 2 saturated heterocycles. The van der Waals surface area contributed by atoms with Gasteiger partial charge in [0.15, 0.2) is 5.65 Å². The third-order valence-electron chi connectivity index (χ3n) is 7.50. The third-order valence-corrected chi connectivity index (χ3v) is 7.50. The molecule has 33 heavy (non-hydrogen) atoms. The standard InChI is InChI=1S/C27H34N4O2/c1-20-14-21(2)16-23(15-20)27(6-12-33-13-7-27)26(32)30-9-3-4-22(5-10-30)17-24-19-31-11-8-28-25(31)18-29-24/h8,11,14-16,18-19,22H,3-7,9-10,12-13,17H2,1-2H3/t22-/m0/s1. The maximum absolute atomic E-state index is 14.1. The summed E-state index contributed by atoms with van der Waals surface area (Å²) in [6.07, 6.45) is 13.4. The van der Waals surface area contributed by atoms with Crippen molar-refractivity contribution in [2.75, 3.05) is 26.3 Å². The fraction of sp³-hybridized carbons (Fsp3) is 0.519. The smallest absolute Gasteiger partial charge is 0.233 e. The van der Waals surface area contributed by atoms with Crippen LogP contribution >= 0.6 is 0 Å². The van der Waals surface area contributed by atoms with Gasteiger partial charge in [0.2, 0.25) is 5.91 Å². The van der Waals surface area contributed by atoms with E-state index in [9.17, 15) is 4.79 Å². The second-order valence-electron chi connectivity index (χ2n) is 9.94. The molecule has 5 rings (SSSR count). The summed E-state index contributed by atoms with van der Waals surface area (Å²) in [5.41, 5.74) is 5.14. The molecule has 174 valence electrons. The second kappa shape index (κ2) is 9.26. The number of benzene rings is 1. The lowest BCUT2D eigenvalue weighted by Crippen LogP contribution is -2.50. The van der Waals surface area contributed by atoms with Gasteiger partial charge in [0.25, 0.3) is 0 Å². The van der Waals surface area contributed by atoms with E-state index in [2.05, 4.69) is 53.1 Å². The maximum atomic E-state index is 14.1. The SMILES string of the molecule is Cc1cc(C)cc(C2(C(=O)N3CCC[C@H](Cc4cn5ccnc5cn4)CC3)CCOCC2)c1. The summed E-state index contributed by atoms with van der Waals surface area (Å²) in [5, 5.41) is 0. The van der Waals surface area contributed by atoms with E-state index in [0.29, 0.717) is 25.0 Å². The van der Waals surface area contributed by atoms with Gasteiger partial charge in [-0.2, -0.15) is 0 Å². The van der Waals surface area contributed by atoms with Crippen LogP contribution in [0.5, 0.6) is 0 Å². The van der Waals surface area contributed by atoms with Crippen molar-refractivity contribution in [2.24, 2.45) is 5.92 Å². The summed E-state index contributed by atoms with van der Waals surface area (Å²) >= 11 is 0. The molecule has 2 aliphatic rings. The van der Waals surface area contributed by atoms with Crippen LogP contribution < -0.4 is 0 Å². The van der Waals surface area contributed by atoms with Crippen LogP contribution in [0, 0.1) is 19.8 Å². The average Bonchev–Trinajstić information content (AvgIpc) is 3.16. The van der Waals surface area contributed by atoms with Crippen LogP contribution in [0.2, 0.25) is 0 Å². The number of ether oxygens (including phenoxy) is 1. The summed E-state index contributed by atoms with van der Waals surface area (Å²) < 4.78 is 7.73. The van der Waals surface area contributed by atoms with Gasteiger partial charge in [-0.3, -0.25) is 9.78 Å². The number of likely N-dealkylation sites (tertiary alicyclic amines) is 1. The number of hydrogen-bond acceptors (Lipinski definition) is 4. The van der Waals surface area contributed by atoms with Crippen molar-refractivity contribution in [3.63, 3.8) is 0 Å². The molecule has 4 heterocycles. The molecule has 0 spiro atoms. The van der Waals surface area contributed by atoms with Gasteiger partial charge in [0.1, 0.15) is 0 Å². The Bertz CT molecular complexity index is 1110. The number of amides is 1. The molecule has 2 aliphatic heterocycles. The number of carbonyl (C=O) groups is 1. The molecule has 0 radical (unpaired) electrons. The Labute approximate surface area is 196 Å². The predicted octanol–water partition coefficient (Wildman–Crippen LogP) is 4.27. The highest BCUT2D eigenvalue weighted by Gasteiger charge is 2.44. The Morgan fingerprint density at radius 2 is 1.88 bits per heavy atom. The van der Waals surface area contributed by atoms with Crippen LogP contribution in [0.4, 0.5) is 0 Å². The minimum Gasteiger partial charge on any atom is -0.381 e. The highest BCUT2D eigenvalue weighted by Crippen LogP contribution is 2.38. The third kappa shape index (κ3) is 4.54. The Hall–Kier alpha value is -2.73. The first-order valence-corrected chi connectivity index (χ1v) is 12.3. The highest BCUT2D eigenvalue weighted by molar-refractivity contribution is 5.88. The van der Waals surface area contributed by atoms with Crippen LogP contribution in [0.25, 0.3) is 5.65 Å². The molecule has 0 aliphatic carbocycles. The van der Waals surface area contributed by atoms with Crippen LogP contribution in [0.3, 0.4) is 0 Å². The lowest BCUT2D eigenvalue weighted by Gasteiger charge is -2.40. The number of aromatic nitrogens is 3. The Kier molecular flexibility index (Phi) is 6.19. The quantitative estimate of drug-likeness (QED) is 0.601. The normalized spacial score (nSPS) is 21.2. The Morgan fingerprint density at radius 1 is 1.09 bits per heavy atom. The summed E-state index contributed by atoms with van der Waals surface area (Å²) in [6.45, 7) is 7.22. The zero-order valence-electron chi connectivity index (χ0n) is 19.8. The molecule has 2 aromatic heterocycles. The van der Waals surface area contributed by atoms with Gasteiger partial charge < -0.3 is 14.0 Å². The molecule has 1 atom stereocenters. The first-order chi connectivity index (χ1) is 16.0. The molecule has 1 aromatic carbocycles. The number of aryl methyl sites for hydroxylation is 2. The first kappa shape index (κ1) is 22.1. The maximum Gasteiger partial charge on any atom is 0.233 e. The van der Waals surface area contributed by atoms with Crippen LogP contribution in [-0.4, -0.2) is 51.5 Å². The molecular formula is C27H34N4O2. The van der Waals surface area contributed by atoms with Gasteiger partial charge in [0.05, 0.1) is 17.3 Å². The van der Waals surface area contributed by atoms with Crippen LogP contribution in [0.1, 0.15) is 54.5 Å². The van der Waals surface area contributed by atoms with Gasteiger partial charge in [0, 0.05) is 44.9 Å². The molecule has 0 bridgehead atoms. The van der Waals surface area contributed by atoms with E-state index in [-0.39, 0.29) is 0 Å². The monoisotopic (exact) mass is 446 g/mol. The van der Waals surface area contributed by atoms with Crippen molar-refractivity contribution in [1.82, 2.24) is 19.3 Å². The molecule has 6 nitrogen and oxygen atoms in total. The zero-order chi connectivity index (χ0) is 22.8. The molecule has 0 saturated carbocycles. The summed E-state index contributed by atoms with van der Waals surface area (Å²) in [6, 6.07) is 6.62. The highest BCUT2D eigenvalue weighted by atomic mass is 16.5. The number of nitrogens with zero attached hydrogens (tertiary/aromatic N) is 4. The summed E-state index contributed by atoms with van der Waals surface area (Å²) in [4.78, 5) is 25.1. The number of imidazole rings is 1. The van der Waals surface area contributed by atoms with Crippen molar-refractivity contribution in [2.45, 2.75) is 57.8 Å². The molecule has 0 N–H and O–H groups in total. The molecule has 1 amide bonds. The van der Waals surface area contributed by atoms with E-state index in [1.165, 1.54) is 16.7 Å². The van der Waals surface area contributed by atoms with E-state index < -0.39 is 5.41 Å². The number of hydrogen-bond donors (Lipinski definition) is 0. The van der Waals surface area contributed by atoms with Gasteiger partial charge >= 0.3 is 0 Å². The van der Waals surface area contributed by atoms with E-state index in [4.69, 9.17) is 4.74 Å². The summed E-state index contributed by atoms with van der Waals surface area (Å²) in [5.74, 6) is 0.845. The van der Waals surface area contributed by atoms with E-state index in [0.717, 1.165) is 63.0 Å².